The number of ether oxygens (including phenoxy) is 1. The molecule has 0 aromatic heterocycles. The van der Waals surface area contributed by atoms with Crippen LogP contribution in [0.25, 0.3) is 0 Å². The standard InChI is InChI=1S/C15H24N2O4/c1-21-11-4-2-3-10(11)16-15(20)17-13-9-6-5-8(7-9)12(13)14(18)19/h8-13H,2-7H2,1H3,(H,18,19)(H2,16,17,20). The third-order valence-corrected chi connectivity index (χ3v) is 5.57. The Hall–Kier alpha value is -1.30. The summed E-state index contributed by atoms with van der Waals surface area (Å²) in [4.78, 5) is 23.6. The number of rotatable bonds is 4. The summed E-state index contributed by atoms with van der Waals surface area (Å²) in [7, 11) is 1.67. The molecule has 2 amide bonds. The molecule has 0 spiro atoms. The fraction of sp³-hybridized carbons (Fsp3) is 0.867. The first-order chi connectivity index (χ1) is 10.1. The molecule has 6 atom stereocenters. The second kappa shape index (κ2) is 5.83. The zero-order valence-electron chi connectivity index (χ0n) is 12.4. The van der Waals surface area contributed by atoms with E-state index >= 15 is 0 Å². The lowest BCUT2D eigenvalue weighted by atomic mass is 9.84. The average molecular weight is 296 g/mol. The van der Waals surface area contributed by atoms with Crippen LogP contribution in [-0.2, 0) is 9.53 Å². The van der Waals surface area contributed by atoms with Crippen LogP contribution in [0.15, 0.2) is 0 Å². The van der Waals surface area contributed by atoms with Crippen LogP contribution >= 0.6 is 0 Å². The number of nitrogens with one attached hydrogen (secondary N) is 2. The smallest absolute Gasteiger partial charge is 0.315 e. The van der Waals surface area contributed by atoms with Crippen LogP contribution in [0.3, 0.4) is 0 Å². The van der Waals surface area contributed by atoms with Crippen LogP contribution in [0.2, 0.25) is 0 Å². The molecule has 3 saturated carbocycles. The van der Waals surface area contributed by atoms with Gasteiger partial charge in [0.15, 0.2) is 0 Å². The number of carbonyl (C=O) groups excluding carboxylic acids is 1. The van der Waals surface area contributed by atoms with E-state index in [-0.39, 0.29) is 30.1 Å². The van der Waals surface area contributed by atoms with Crippen molar-refractivity contribution in [3.8, 4) is 0 Å². The summed E-state index contributed by atoms with van der Waals surface area (Å²) in [5, 5.41) is 15.3. The number of hydrogen-bond donors (Lipinski definition) is 3. The zero-order chi connectivity index (χ0) is 15.0. The highest BCUT2D eigenvalue weighted by Crippen LogP contribution is 2.48. The highest BCUT2D eigenvalue weighted by atomic mass is 16.5. The Labute approximate surface area is 124 Å². The van der Waals surface area contributed by atoms with Gasteiger partial charge in [-0.25, -0.2) is 4.79 Å². The van der Waals surface area contributed by atoms with Gasteiger partial charge in [0.25, 0.3) is 0 Å². The van der Waals surface area contributed by atoms with Crippen LogP contribution in [-0.4, -0.2) is 42.4 Å². The van der Waals surface area contributed by atoms with Crippen molar-refractivity contribution < 1.29 is 19.4 Å². The van der Waals surface area contributed by atoms with Crippen molar-refractivity contribution >= 4 is 12.0 Å². The van der Waals surface area contributed by atoms with Crippen molar-refractivity contribution in [2.75, 3.05) is 7.11 Å². The topological polar surface area (TPSA) is 87.7 Å². The van der Waals surface area contributed by atoms with Gasteiger partial charge in [0, 0.05) is 13.2 Å². The number of aliphatic carboxylic acids is 1. The van der Waals surface area contributed by atoms with Crippen molar-refractivity contribution in [3.05, 3.63) is 0 Å². The van der Waals surface area contributed by atoms with Crippen molar-refractivity contribution in [1.82, 2.24) is 10.6 Å². The highest BCUT2D eigenvalue weighted by Gasteiger charge is 2.51. The predicted molar refractivity (Wildman–Crippen MR) is 75.8 cm³/mol. The SMILES string of the molecule is COC1CCCC1NC(=O)NC1C2CCC(C2)C1C(=O)O. The first-order valence-corrected chi connectivity index (χ1v) is 7.92. The van der Waals surface area contributed by atoms with Gasteiger partial charge in [-0.3, -0.25) is 4.79 Å². The molecule has 21 heavy (non-hydrogen) atoms. The van der Waals surface area contributed by atoms with Gasteiger partial charge in [-0.1, -0.05) is 0 Å². The molecule has 0 aliphatic heterocycles. The number of amides is 2. The van der Waals surface area contributed by atoms with Crippen molar-refractivity contribution in [2.45, 2.75) is 56.7 Å². The normalized spacial score (nSPS) is 41.2. The Morgan fingerprint density at radius 3 is 2.57 bits per heavy atom. The van der Waals surface area contributed by atoms with E-state index in [9.17, 15) is 14.7 Å². The molecule has 6 unspecified atom stereocenters. The van der Waals surface area contributed by atoms with E-state index in [2.05, 4.69) is 10.6 Å². The molecule has 0 radical (unpaired) electrons. The number of carboxylic acid groups (broad SMARTS) is 1. The Morgan fingerprint density at radius 2 is 1.86 bits per heavy atom. The highest BCUT2D eigenvalue weighted by molar-refractivity contribution is 5.77. The van der Waals surface area contributed by atoms with Crippen molar-refractivity contribution in [1.29, 1.82) is 0 Å². The summed E-state index contributed by atoms with van der Waals surface area (Å²) in [6.45, 7) is 0. The molecule has 3 N–H and O–H groups in total. The van der Waals surface area contributed by atoms with Crippen LogP contribution in [0.4, 0.5) is 4.79 Å². The summed E-state index contributed by atoms with van der Waals surface area (Å²) in [5.74, 6) is -0.640. The Balaban J connectivity index is 1.58. The van der Waals surface area contributed by atoms with E-state index in [0.717, 1.165) is 38.5 Å². The molecule has 0 heterocycles. The van der Waals surface area contributed by atoms with Crippen molar-refractivity contribution in [2.24, 2.45) is 17.8 Å². The Morgan fingerprint density at radius 1 is 1.10 bits per heavy atom. The quantitative estimate of drug-likeness (QED) is 0.731. The van der Waals surface area contributed by atoms with Crippen LogP contribution in [0.1, 0.15) is 38.5 Å². The van der Waals surface area contributed by atoms with Crippen LogP contribution in [0.5, 0.6) is 0 Å². The van der Waals surface area contributed by atoms with E-state index < -0.39 is 11.9 Å². The molecule has 6 nitrogen and oxygen atoms in total. The van der Waals surface area contributed by atoms with Gasteiger partial charge in [0.05, 0.1) is 18.1 Å². The third kappa shape index (κ3) is 2.73. The predicted octanol–water partition coefficient (Wildman–Crippen LogP) is 1.35. The minimum atomic E-state index is -0.775. The summed E-state index contributed by atoms with van der Waals surface area (Å²) in [6.07, 6.45) is 5.96. The molecule has 3 aliphatic carbocycles. The van der Waals surface area contributed by atoms with Gasteiger partial charge in [-0.2, -0.15) is 0 Å². The maximum absolute atomic E-state index is 12.2. The number of fused-ring (bicyclic) bond motifs is 2. The van der Waals surface area contributed by atoms with Crippen LogP contribution in [0, 0.1) is 17.8 Å². The molecular formula is C15H24N2O4. The third-order valence-electron chi connectivity index (χ3n) is 5.57. The fourth-order valence-corrected chi connectivity index (χ4v) is 4.59. The first-order valence-electron chi connectivity index (χ1n) is 7.92. The molecule has 118 valence electrons. The van der Waals surface area contributed by atoms with Gasteiger partial charge < -0.3 is 20.5 Å². The van der Waals surface area contributed by atoms with Gasteiger partial charge in [0.2, 0.25) is 0 Å². The maximum atomic E-state index is 12.2. The Bertz CT molecular complexity index is 428. The summed E-state index contributed by atoms with van der Waals surface area (Å²) in [5.41, 5.74) is 0. The number of methoxy groups -OCH3 is 1. The second-order valence-corrected chi connectivity index (χ2v) is 6.65. The van der Waals surface area contributed by atoms with Gasteiger partial charge >= 0.3 is 12.0 Å². The number of carboxylic acids is 1. The van der Waals surface area contributed by atoms with Crippen LogP contribution < -0.4 is 10.6 Å². The molecule has 3 rings (SSSR count). The van der Waals surface area contributed by atoms with Gasteiger partial charge in [0.1, 0.15) is 0 Å². The summed E-state index contributed by atoms with van der Waals surface area (Å²) in [6, 6.07) is -0.423. The van der Waals surface area contributed by atoms with E-state index in [4.69, 9.17) is 4.74 Å². The van der Waals surface area contributed by atoms with Gasteiger partial charge in [-0.15, -0.1) is 0 Å². The molecule has 0 aromatic rings. The van der Waals surface area contributed by atoms with Gasteiger partial charge in [-0.05, 0) is 50.4 Å². The number of urea groups is 1. The first kappa shape index (κ1) is 14.6. The largest absolute Gasteiger partial charge is 0.481 e. The average Bonchev–Trinajstić information content (AvgIpc) is 3.13. The number of carbonyl (C=O) groups is 2. The lowest BCUT2D eigenvalue weighted by Crippen LogP contribution is -2.53. The molecule has 0 saturated heterocycles. The molecule has 0 aromatic carbocycles. The van der Waals surface area contributed by atoms with E-state index in [0.29, 0.717) is 5.92 Å². The maximum Gasteiger partial charge on any atom is 0.315 e. The summed E-state index contributed by atoms with van der Waals surface area (Å²) < 4.78 is 5.37. The molecule has 3 aliphatic rings. The van der Waals surface area contributed by atoms with Crippen molar-refractivity contribution in [3.63, 3.8) is 0 Å². The molecule has 6 heteroatoms. The minimum Gasteiger partial charge on any atom is -0.481 e. The lowest BCUT2D eigenvalue weighted by molar-refractivity contribution is -0.144. The zero-order valence-corrected chi connectivity index (χ0v) is 12.4. The van der Waals surface area contributed by atoms with E-state index in [1.807, 2.05) is 0 Å². The Kier molecular flexibility index (Phi) is 4.06. The molecule has 2 bridgehead atoms. The monoisotopic (exact) mass is 296 g/mol. The number of hydrogen-bond acceptors (Lipinski definition) is 3. The fourth-order valence-electron chi connectivity index (χ4n) is 4.59. The summed E-state index contributed by atoms with van der Waals surface area (Å²) >= 11 is 0. The lowest BCUT2D eigenvalue weighted by Gasteiger charge is -2.30. The molecular weight excluding hydrogens is 272 g/mol. The van der Waals surface area contributed by atoms with E-state index in [1.54, 1.807) is 7.11 Å². The molecule has 3 fully saturated rings. The second-order valence-electron chi connectivity index (χ2n) is 6.65. The minimum absolute atomic E-state index is 0.0388. The van der Waals surface area contributed by atoms with E-state index in [1.165, 1.54) is 0 Å².